The lowest BCUT2D eigenvalue weighted by atomic mass is 10.1. The van der Waals surface area contributed by atoms with E-state index in [9.17, 15) is 17.6 Å². The van der Waals surface area contributed by atoms with E-state index in [2.05, 4.69) is 10.0 Å². The molecule has 1 atom stereocenters. The molecule has 2 N–H and O–H groups in total. The molecule has 0 bridgehead atoms. The molecular weight excluding hydrogens is 411 g/mol. The summed E-state index contributed by atoms with van der Waals surface area (Å²) in [6.07, 6.45) is 0. The lowest BCUT2D eigenvalue weighted by Crippen LogP contribution is -2.35. The maximum Gasteiger partial charge on any atom is 0.291 e. The van der Waals surface area contributed by atoms with Gasteiger partial charge in [0.15, 0.2) is 5.76 Å². The molecule has 158 valence electrons. The molecule has 2 aromatic carbocycles. The Kier molecular flexibility index (Phi) is 6.66. The lowest BCUT2D eigenvalue weighted by molar-refractivity contribution is 0.0997. The second-order valence-electron chi connectivity index (χ2n) is 6.60. The number of anilines is 1. The molecule has 1 heterocycles. The van der Waals surface area contributed by atoms with Gasteiger partial charge in [-0.15, -0.1) is 0 Å². The van der Waals surface area contributed by atoms with E-state index in [1.807, 2.05) is 0 Å². The molecule has 0 aliphatic carbocycles. The first kappa shape index (κ1) is 21.7. The van der Waals surface area contributed by atoms with Crippen molar-refractivity contribution in [1.82, 2.24) is 4.72 Å². The first-order valence-electron chi connectivity index (χ1n) is 9.07. The second kappa shape index (κ2) is 9.21. The minimum absolute atomic E-state index is 0.00000759. The highest BCUT2D eigenvalue weighted by atomic mass is 32.2. The van der Waals surface area contributed by atoms with E-state index in [1.165, 1.54) is 49.6 Å². The van der Waals surface area contributed by atoms with Crippen LogP contribution in [0.25, 0.3) is 11.3 Å². The molecule has 0 radical (unpaired) electrons. The maximum atomic E-state index is 13.9. The monoisotopic (exact) mass is 432 g/mol. The van der Waals surface area contributed by atoms with E-state index in [0.29, 0.717) is 5.69 Å². The van der Waals surface area contributed by atoms with Crippen molar-refractivity contribution in [3.63, 3.8) is 0 Å². The van der Waals surface area contributed by atoms with Crippen molar-refractivity contribution in [2.24, 2.45) is 0 Å². The van der Waals surface area contributed by atoms with Crippen molar-refractivity contribution < 1.29 is 26.8 Å². The van der Waals surface area contributed by atoms with Crippen LogP contribution in [0, 0.1) is 5.82 Å². The van der Waals surface area contributed by atoms with E-state index >= 15 is 0 Å². The average Bonchev–Trinajstić information content (AvgIpc) is 3.18. The second-order valence-corrected chi connectivity index (χ2v) is 8.31. The van der Waals surface area contributed by atoms with Crippen LogP contribution in [0.3, 0.4) is 0 Å². The summed E-state index contributed by atoms with van der Waals surface area (Å²) in [6.45, 7) is 1.93. The van der Waals surface area contributed by atoms with Crippen LogP contribution in [0.2, 0.25) is 0 Å². The molecule has 1 aromatic heterocycles. The maximum absolute atomic E-state index is 13.9. The molecule has 1 amide bonds. The average molecular weight is 432 g/mol. The van der Waals surface area contributed by atoms with E-state index in [4.69, 9.17) is 9.15 Å². The third-order valence-electron chi connectivity index (χ3n) is 4.16. The predicted molar refractivity (Wildman–Crippen MR) is 110 cm³/mol. The molecule has 3 aromatic rings. The molecule has 0 aliphatic rings. The van der Waals surface area contributed by atoms with Gasteiger partial charge < -0.3 is 14.5 Å². The van der Waals surface area contributed by atoms with Crippen LogP contribution in [-0.2, 0) is 14.8 Å². The van der Waals surface area contributed by atoms with Gasteiger partial charge in [0.25, 0.3) is 5.91 Å². The Labute approximate surface area is 173 Å². The minimum atomic E-state index is -3.71. The number of ether oxygens (including phenoxy) is 1. The van der Waals surface area contributed by atoms with Crippen molar-refractivity contribution in [1.29, 1.82) is 0 Å². The van der Waals surface area contributed by atoms with Gasteiger partial charge in [0.05, 0.1) is 17.1 Å². The Morgan fingerprint density at radius 2 is 1.80 bits per heavy atom. The van der Waals surface area contributed by atoms with Crippen LogP contribution in [0.4, 0.5) is 10.1 Å². The van der Waals surface area contributed by atoms with E-state index < -0.39 is 21.7 Å². The fourth-order valence-electron chi connectivity index (χ4n) is 2.79. The molecule has 7 nitrogen and oxygen atoms in total. The topological polar surface area (TPSA) is 97.6 Å². The summed E-state index contributed by atoms with van der Waals surface area (Å²) >= 11 is 0. The van der Waals surface area contributed by atoms with Crippen molar-refractivity contribution in [2.75, 3.05) is 19.0 Å². The van der Waals surface area contributed by atoms with Gasteiger partial charge in [0.2, 0.25) is 10.0 Å². The lowest BCUT2D eigenvalue weighted by Gasteiger charge is -2.13. The van der Waals surface area contributed by atoms with Gasteiger partial charge in [-0.05, 0) is 55.5 Å². The Balaban J connectivity index is 1.69. The predicted octanol–water partition coefficient (Wildman–Crippen LogP) is 3.65. The number of carbonyl (C=O) groups is 1. The number of hydrogen-bond acceptors (Lipinski definition) is 5. The van der Waals surface area contributed by atoms with E-state index in [-0.39, 0.29) is 34.6 Å². The van der Waals surface area contributed by atoms with Crippen LogP contribution in [0.1, 0.15) is 17.5 Å². The third kappa shape index (κ3) is 5.12. The summed E-state index contributed by atoms with van der Waals surface area (Å²) in [5.74, 6) is -0.764. The number of hydrogen-bond donors (Lipinski definition) is 2. The standard InChI is InChI=1S/C21H21FN2O5S/c1-14(13-28-2)24-30(26,27)16-9-7-15(8-10-16)23-21(25)20-12-11-19(29-20)17-5-3-4-6-18(17)22/h3-12,14,24H,13H2,1-2H3,(H,23,25). The molecule has 0 spiro atoms. The van der Waals surface area contributed by atoms with Crippen molar-refractivity contribution >= 4 is 21.6 Å². The normalized spacial score (nSPS) is 12.5. The highest BCUT2D eigenvalue weighted by Gasteiger charge is 2.18. The quantitative estimate of drug-likeness (QED) is 0.566. The van der Waals surface area contributed by atoms with Gasteiger partial charge in [-0.25, -0.2) is 17.5 Å². The Hall–Kier alpha value is -3.01. The van der Waals surface area contributed by atoms with Crippen molar-refractivity contribution in [3.05, 3.63) is 72.2 Å². The Morgan fingerprint density at radius 3 is 2.47 bits per heavy atom. The van der Waals surface area contributed by atoms with E-state index in [0.717, 1.165) is 0 Å². The third-order valence-corrected chi connectivity index (χ3v) is 5.77. The van der Waals surface area contributed by atoms with Gasteiger partial charge in [-0.3, -0.25) is 4.79 Å². The van der Waals surface area contributed by atoms with Crippen LogP contribution >= 0.6 is 0 Å². The molecule has 3 rings (SSSR count). The van der Waals surface area contributed by atoms with Crippen LogP contribution < -0.4 is 10.0 Å². The molecule has 0 saturated heterocycles. The Bertz CT molecular complexity index is 1130. The number of benzene rings is 2. The summed E-state index contributed by atoms with van der Waals surface area (Å²) in [5.41, 5.74) is 0.633. The zero-order valence-corrected chi connectivity index (χ0v) is 17.2. The number of methoxy groups -OCH3 is 1. The number of nitrogens with one attached hydrogen (secondary N) is 2. The molecular formula is C21H21FN2O5S. The summed E-state index contributed by atoms with van der Waals surface area (Å²) in [7, 11) is -2.22. The van der Waals surface area contributed by atoms with E-state index in [1.54, 1.807) is 25.1 Å². The Morgan fingerprint density at radius 1 is 1.10 bits per heavy atom. The van der Waals surface area contributed by atoms with Gasteiger partial charge >= 0.3 is 0 Å². The van der Waals surface area contributed by atoms with Gasteiger partial charge in [0, 0.05) is 18.8 Å². The number of sulfonamides is 1. The molecule has 0 aliphatic heterocycles. The highest BCUT2D eigenvalue weighted by Crippen LogP contribution is 2.25. The SMILES string of the molecule is COCC(C)NS(=O)(=O)c1ccc(NC(=O)c2ccc(-c3ccccc3F)o2)cc1. The zero-order chi connectivity index (χ0) is 21.7. The summed E-state index contributed by atoms with van der Waals surface area (Å²) in [4.78, 5) is 12.5. The van der Waals surface area contributed by atoms with Crippen LogP contribution in [-0.4, -0.2) is 34.1 Å². The zero-order valence-electron chi connectivity index (χ0n) is 16.4. The number of furan rings is 1. The van der Waals surface area contributed by atoms with Gasteiger partial charge in [-0.2, -0.15) is 0 Å². The number of halogens is 1. The summed E-state index contributed by atoms with van der Waals surface area (Å²) in [5, 5.41) is 2.62. The summed E-state index contributed by atoms with van der Waals surface area (Å²) in [6, 6.07) is 14.3. The molecule has 0 saturated carbocycles. The fraction of sp³-hybridized carbons (Fsp3) is 0.190. The fourth-order valence-corrected chi connectivity index (χ4v) is 4.02. The largest absolute Gasteiger partial charge is 0.451 e. The molecule has 30 heavy (non-hydrogen) atoms. The first-order chi connectivity index (χ1) is 14.3. The van der Waals surface area contributed by atoms with Crippen molar-refractivity contribution in [3.8, 4) is 11.3 Å². The number of amides is 1. The van der Waals surface area contributed by atoms with Gasteiger partial charge in [-0.1, -0.05) is 12.1 Å². The molecule has 0 fully saturated rings. The van der Waals surface area contributed by atoms with Crippen LogP contribution in [0.5, 0.6) is 0 Å². The van der Waals surface area contributed by atoms with Gasteiger partial charge in [0.1, 0.15) is 11.6 Å². The summed E-state index contributed by atoms with van der Waals surface area (Å²) < 4.78 is 51.4. The number of rotatable bonds is 8. The highest BCUT2D eigenvalue weighted by molar-refractivity contribution is 7.89. The van der Waals surface area contributed by atoms with Crippen molar-refractivity contribution in [2.45, 2.75) is 17.9 Å². The van der Waals surface area contributed by atoms with Crippen LogP contribution in [0.15, 0.2) is 70.0 Å². The smallest absolute Gasteiger partial charge is 0.291 e. The minimum Gasteiger partial charge on any atom is -0.451 e. The molecule has 1 unspecified atom stereocenters. The number of carbonyl (C=O) groups excluding carboxylic acids is 1. The molecule has 9 heteroatoms. The first-order valence-corrected chi connectivity index (χ1v) is 10.6.